The number of benzene rings is 2. The van der Waals surface area contributed by atoms with Crippen molar-refractivity contribution < 1.29 is 5.11 Å². The SMILES string of the molecule is CCc1cc(C(C)(C)C)cc(C(C)(C)C)c1.Oc1ccccc1. The van der Waals surface area contributed by atoms with Crippen LogP contribution < -0.4 is 0 Å². The fraction of sp³-hybridized carbons (Fsp3) is 0.455. The van der Waals surface area contributed by atoms with Gasteiger partial charge in [0.1, 0.15) is 5.75 Å². The zero-order chi connectivity index (χ0) is 17.7. The van der Waals surface area contributed by atoms with Crippen molar-refractivity contribution in [2.24, 2.45) is 0 Å². The monoisotopic (exact) mass is 312 g/mol. The highest BCUT2D eigenvalue weighted by Crippen LogP contribution is 2.30. The van der Waals surface area contributed by atoms with Crippen LogP contribution in [0.15, 0.2) is 48.5 Å². The van der Waals surface area contributed by atoms with E-state index >= 15 is 0 Å². The van der Waals surface area contributed by atoms with Crippen molar-refractivity contribution in [1.29, 1.82) is 0 Å². The van der Waals surface area contributed by atoms with Crippen LogP contribution in [-0.2, 0) is 17.3 Å². The van der Waals surface area contributed by atoms with Crippen molar-refractivity contribution in [2.45, 2.75) is 65.7 Å². The topological polar surface area (TPSA) is 20.2 Å². The van der Waals surface area contributed by atoms with Crippen LogP contribution in [0.25, 0.3) is 0 Å². The molecule has 126 valence electrons. The Hall–Kier alpha value is -1.76. The van der Waals surface area contributed by atoms with Crippen LogP contribution >= 0.6 is 0 Å². The molecule has 0 radical (unpaired) electrons. The molecule has 1 N–H and O–H groups in total. The molecule has 0 saturated heterocycles. The summed E-state index contributed by atoms with van der Waals surface area (Å²) in [6.07, 6.45) is 1.12. The Morgan fingerprint density at radius 1 is 0.739 bits per heavy atom. The molecule has 23 heavy (non-hydrogen) atoms. The van der Waals surface area contributed by atoms with Gasteiger partial charge in [-0.2, -0.15) is 0 Å². The van der Waals surface area contributed by atoms with E-state index in [1.165, 1.54) is 16.7 Å². The van der Waals surface area contributed by atoms with E-state index in [2.05, 4.69) is 66.7 Å². The predicted molar refractivity (Wildman–Crippen MR) is 101 cm³/mol. The number of hydrogen-bond donors (Lipinski definition) is 1. The molecule has 0 amide bonds. The zero-order valence-electron chi connectivity index (χ0n) is 15.8. The molecular formula is C22H32O. The smallest absolute Gasteiger partial charge is 0.115 e. The second-order valence-electron chi connectivity index (χ2n) is 8.11. The summed E-state index contributed by atoms with van der Waals surface area (Å²) >= 11 is 0. The Bertz CT molecular complexity index is 566. The van der Waals surface area contributed by atoms with E-state index in [1.807, 2.05) is 6.07 Å². The van der Waals surface area contributed by atoms with Crippen molar-refractivity contribution in [2.75, 3.05) is 0 Å². The molecule has 0 aliphatic rings. The minimum absolute atomic E-state index is 0.241. The van der Waals surface area contributed by atoms with E-state index in [1.54, 1.807) is 24.3 Å². The molecule has 0 heterocycles. The molecule has 2 rings (SSSR count). The van der Waals surface area contributed by atoms with Crippen molar-refractivity contribution in [3.05, 3.63) is 65.2 Å². The molecule has 0 saturated carbocycles. The summed E-state index contributed by atoms with van der Waals surface area (Å²) in [5, 5.41) is 8.63. The molecule has 0 fully saturated rings. The molecule has 0 atom stereocenters. The van der Waals surface area contributed by atoms with Crippen LogP contribution in [0.4, 0.5) is 0 Å². The van der Waals surface area contributed by atoms with Gasteiger partial charge < -0.3 is 5.11 Å². The van der Waals surface area contributed by atoms with Gasteiger partial charge in [-0.3, -0.25) is 0 Å². The lowest BCUT2D eigenvalue weighted by molar-refractivity contribution is 0.475. The summed E-state index contributed by atoms with van der Waals surface area (Å²) in [5.74, 6) is 0.322. The van der Waals surface area contributed by atoms with E-state index in [-0.39, 0.29) is 10.8 Å². The van der Waals surface area contributed by atoms with Crippen molar-refractivity contribution in [3.63, 3.8) is 0 Å². The largest absolute Gasteiger partial charge is 0.508 e. The minimum atomic E-state index is 0.241. The van der Waals surface area contributed by atoms with Crippen LogP contribution in [0.3, 0.4) is 0 Å². The van der Waals surface area contributed by atoms with Crippen LogP contribution in [-0.4, -0.2) is 5.11 Å². The van der Waals surface area contributed by atoms with Gasteiger partial charge in [0.2, 0.25) is 0 Å². The number of rotatable bonds is 1. The Morgan fingerprint density at radius 3 is 1.43 bits per heavy atom. The second-order valence-corrected chi connectivity index (χ2v) is 8.11. The van der Waals surface area contributed by atoms with Gasteiger partial charge in [0, 0.05) is 0 Å². The number of aromatic hydroxyl groups is 1. The standard InChI is InChI=1S/C16H26.C6H6O/c1-8-12-9-13(15(2,3)4)11-14(10-12)16(5,6)7;7-6-4-2-1-3-5-6/h9-11H,8H2,1-7H3;1-5,7H. The summed E-state index contributed by atoms with van der Waals surface area (Å²) in [5.41, 5.74) is 4.85. The third-order valence-electron chi connectivity index (χ3n) is 3.89. The molecule has 0 bridgehead atoms. The lowest BCUT2D eigenvalue weighted by Crippen LogP contribution is -2.16. The van der Waals surface area contributed by atoms with Crippen molar-refractivity contribution >= 4 is 0 Å². The van der Waals surface area contributed by atoms with E-state index in [4.69, 9.17) is 5.11 Å². The molecule has 0 spiro atoms. The zero-order valence-corrected chi connectivity index (χ0v) is 15.8. The number of aryl methyl sites for hydroxylation is 1. The normalized spacial score (nSPS) is 11.6. The van der Waals surface area contributed by atoms with Gasteiger partial charge in [-0.15, -0.1) is 0 Å². The highest BCUT2D eigenvalue weighted by atomic mass is 16.3. The lowest BCUT2D eigenvalue weighted by Gasteiger charge is -2.26. The average Bonchev–Trinajstić information content (AvgIpc) is 2.46. The summed E-state index contributed by atoms with van der Waals surface area (Å²) in [4.78, 5) is 0. The highest BCUT2D eigenvalue weighted by Gasteiger charge is 2.19. The molecule has 2 aromatic rings. The summed E-state index contributed by atoms with van der Waals surface area (Å²) in [7, 11) is 0. The molecule has 0 unspecified atom stereocenters. The Kier molecular flexibility index (Phi) is 6.44. The Morgan fingerprint density at radius 2 is 1.17 bits per heavy atom. The molecule has 1 heteroatoms. The van der Waals surface area contributed by atoms with Crippen LogP contribution in [0.2, 0.25) is 0 Å². The molecule has 1 nitrogen and oxygen atoms in total. The number of phenolic OH excluding ortho intramolecular Hbond substituents is 1. The molecule has 2 aromatic carbocycles. The predicted octanol–water partition coefficient (Wildman–Crippen LogP) is 6.24. The average molecular weight is 312 g/mol. The van der Waals surface area contributed by atoms with Gasteiger partial charge in [0.15, 0.2) is 0 Å². The van der Waals surface area contributed by atoms with Gasteiger partial charge in [-0.1, -0.05) is 84.9 Å². The number of phenols is 1. The van der Waals surface area contributed by atoms with Crippen LogP contribution in [0.1, 0.15) is 65.2 Å². The van der Waals surface area contributed by atoms with Gasteiger partial charge in [-0.05, 0) is 46.1 Å². The minimum Gasteiger partial charge on any atom is -0.508 e. The Balaban J connectivity index is 0.000000313. The quantitative estimate of drug-likeness (QED) is 0.661. The highest BCUT2D eigenvalue weighted by molar-refractivity contribution is 5.37. The number of para-hydroxylation sites is 1. The second kappa shape index (κ2) is 7.68. The maximum atomic E-state index is 8.63. The first-order valence-electron chi connectivity index (χ1n) is 8.43. The van der Waals surface area contributed by atoms with Gasteiger partial charge in [0.05, 0.1) is 0 Å². The van der Waals surface area contributed by atoms with Crippen molar-refractivity contribution in [3.8, 4) is 5.75 Å². The molecule has 0 aromatic heterocycles. The fourth-order valence-electron chi connectivity index (χ4n) is 2.19. The van der Waals surface area contributed by atoms with Crippen LogP contribution in [0, 0.1) is 0 Å². The maximum absolute atomic E-state index is 8.63. The van der Waals surface area contributed by atoms with Crippen LogP contribution in [0.5, 0.6) is 5.75 Å². The molecule has 0 aliphatic carbocycles. The third-order valence-corrected chi connectivity index (χ3v) is 3.89. The van der Waals surface area contributed by atoms with Gasteiger partial charge >= 0.3 is 0 Å². The maximum Gasteiger partial charge on any atom is 0.115 e. The Labute approximate surface area is 142 Å². The van der Waals surface area contributed by atoms with E-state index < -0.39 is 0 Å². The first kappa shape index (κ1) is 19.3. The number of hydrogen-bond acceptors (Lipinski definition) is 1. The summed E-state index contributed by atoms with van der Waals surface area (Å²) < 4.78 is 0. The van der Waals surface area contributed by atoms with E-state index in [0.29, 0.717) is 5.75 Å². The lowest BCUT2D eigenvalue weighted by atomic mass is 9.79. The summed E-state index contributed by atoms with van der Waals surface area (Å²) in [6, 6.07) is 15.8. The first-order chi connectivity index (χ1) is 10.5. The van der Waals surface area contributed by atoms with Gasteiger partial charge in [-0.25, -0.2) is 0 Å². The molecule has 0 aliphatic heterocycles. The summed E-state index contributed by atoms with van der Waals surface area (Å²) in [6.45, 7) is 15.9. The van der Waals surface area contributed by atoms with E-state index in [0.717, 1.165) is 6.42 Å². The van der Waals surface area contributed by atoms with Crippen molar-refractivity contribution in [1.82, 2.24) is 0 Å². The van der Waals surface area contributed by atoms with Gasteiger partial charge in [0.25, 0.3) is 0 Å². The van der Waals surface area contributed by atoms with E-state index in [9.17, 15) is 0 Å². The first-order valence-corrected chi connectivity index (χ1v) is 8.43. The fourth-order valence-corrected chi connectivity index (χ4v) is 2.19. The molecular weight excluding hydrogens is 280 g/mol. The third kappa shape index (κ3) is 6.48.